The maximum atomic E-state index is 14.8. The molecule has 0 unspecified atom stereocenters. The molecule has 0 aliphatic carbocycles. The van der Waals surface area contributed by atoms with Gasteiger partial charge in [-0.1, -0.05) is 259 Å². The lowest BCUT2D eigenvalue weighted by molar-refractivity contribution is 0.0416. The van der Waals surface area contributed by atoms with E-state index in [-0.39, 0.29) is 37.7 Å². The summed E-state index contributed by atoms with van der Waals surface area (Å²) in [5, 5.41) is 11.0. The highest BCUT2D eigenvalue weighted by molar-refractivity contribution is 6.17. The number of rotatable bonds is 50. The first-order chi connectivity index (χ1) is 38.5. The van der Waals surface area contributed by atoms with Gasteiger partial charge in [-0.05, 0) is 31.7 Å². The fourth-order valence-electron chi connectivity index (χ4n) is 9.97. The number of benzene rings is 1. The number of carbonyl (C=O) groups is 4. The minimum Gasteiger partial charge on any atom is -0.494 e. The predicted octanol–water partition coefficient (Wildman–Crippen LogP) is 16.9. The summed E-state index contributed by atoms with van der Waals surface area (Å²) in [6.45, 7) is 8.84. The highest BCUT2D eigenvalue weighted by Gasteiger charge is 2.36. The van der Waals surface area contributed by atoms with Gasteiger partial charge >= 0.3 is 29.6 Å². The van der Waals surface area contributed by atoms with Crippen LogP contribution in [-0.4, -0.2) is 70.8 Å². The van der Waals surface area contributed by atoms with E-state index in [1.807, 2.05) is 0 Å². The van der Waals surface area contributed by atoms with Crippen molar-refractivity contribution in [3.63, 3.8) is 0 Å². The van der Waals surface area contributed by atoms with Crippen molar-refractivity contribution in [2.24, 2.45) is 19.1 Å². The van der Waals surface area contributed by atoms with E-state index in [9.17, 15) is 33.9 Å². The van der Waals surface area contributed by atoms with Crippen LogP contribution in [0, 0.1) is 0 Å². The van der Waals surface area contributed by atoms with Crippen LogP contribution in [0.15, 0.2) is 20.6 Å². The summed E-state index contributed by atoms with van der Waals surface area (Å²) in [5.41, 5.74) is -4.25. The normalized spacial score (nSPS) is 11.4. The summed E-state index contributed by atoms with van der Waals surface area (Å²) in [5.74, 6) is -4.68. The molecule has 14 nitrogen and oxygen atoms in total. The quantitative estimate of drug-likeness (QED) is 0.0288. The van der Waals surface area contributed by atoms with Gasteiger partial charge in [-0.15, -0.1) is 0 Å². The first-order valence-corrected chi connectivity index (χ1v) is 31.9. The molecule has 0 radical (unpaired) electrons. The van der Waals surface area contributed by atoms with E-state index < -0.39 is 63.3 Å². The van der Waals surface area contributed by atoms with E-state index >= 15 is 0 Å². The molecule has 1 N–H and O–H groups in total. The third-order valence-electron chi connectivity index (χ3n) is 15.1. The number of ether oxygens (including phenoxy) is 4. The summed E-state index contributed by atoms with van der Waals surface area (Å²) in [7, 11) is 2.53. The van der Waals surface area contributed by atoms with Crippen molar-refractivity contribution in [2.75, 3.05) is 26.4 Å². The van der Waals surface area contributed by atoms with Crippen molar-refractivity contribution < 1.29 is 43.2 Å². The summed E-state index contributed by atoms with van der Waals surface area (Å²) in [4.78, 5) is 89.2. The van der Waals surface area contributed by atoms with Gasteiger partial charge in [0.25, 0.3) is 5.56 Å². The SMILES string of the molecule is CCCCCCCCCCCCOC(=O)c1cc(N=Cc2c(O)n(C)c(=O)n(C)c2=O)c(C(=O)OCCCCCCCCCCCC)c(C(=O)OCCCCCCCCCCCC)c1C(=O)OCCCCCCCCCCCC. The van der Waals surface area contributed by atoms with E-state index in [0.717, 1.165) is 118 Å². The molecule has 1 aromatic heterocycles. The van der Waals surface area contributed by atoms with Crippen molar-refractivity contribution in [3.8, 4) is 5.88 Å². The molecule has 0 saturated heterocycles. The summed E-state index contributed by atoms with van der Waals surface area (Å²) in [6, 6.07) is 1.17. The van der Waals surface area contributed by atoms with Gasteiger partial charge in [-0.3, -0.25) is 18.9 Å². The average molecular weight is 1110 g/mol. The van der Waals surface area contributed by atoms with E-state index in [0.29, 0.717) is 25.7 Å². The topological polar surface area (TPSA) is 182 Å². The van der Waals surface area contributed by atoms with E-state index in [2.05, 4.69) is 32.7 Å². The molecular weight excluding hydrogens is 999 g/mol. The van der Waals surface area contributed by atoms with E-state index in [4.69, 9.17) is 18.9 Å². The molecule has 0 atom stereocenters. The van der Waals surface area contributed by atoms with Crippen molar-refractivity contribution in [2.45, 2.75) is 285 Å². The Kier molecular flexibility index (Phi) is 40.9. The largest absolute Gasteiger partial charge is 0.494 e. The van der Waals surface area contributed by atoms with E-state index in [1.165, 1.54) is 149 Å². The number of aromatic hydroxyl groups is 1. The van der Waals surface area contributed by atoms with Gasteiger partial charge in [0.2, 0.25) is 5.88 Å². The van der Waals surface area contributed by atoms with Crippen LogP contribution in [0.5, 0.6) is 5.88 Å². The predicted molar refractivity (Wildman–Crippen MR) is 321 cm³/mol. The second-order valence-corrected chi connectivity index (χ2v) is 22.0. The third-order valence-corrected chi connectivity index (χ3v) is 15.1. The second-order valence-electron chi connectivity index (χ2n) is 22.0. The van der Waals surface area contributed by atoms with E-state index in [1.54, 1.807) is 0 Å². The van der Waals surface area contributed by atoms with Gasteiger partial charge < -0.3 is 24.1 Å². The lowest BCUT2D eigenvalue weighted by Crippen LogP contribution is -2.38. The maximum Gasteiger partial charge on any atom is 0.341 e. The van der Waals surface area contributed by atoms with Gasteiger partial charge in [0.05, 0.1) is 48.8 Å². The molecule has 0 spiro atoms. The molecule has 1 heterocycles. The molecular formula is C65H109N3O11. The molecule has 1 aromatic carbocycles. The molecule has 2 aromatic rings. The molecule has 2 rings (SSSR count). The number of carbonyl (C=O) groups excluding carboxylic acids is 4. The van der Waals surface area contributed by atoms with Gasteiger partial charge in [-0.25, -0.2) is 24.0 Å². The highest BCUT2D eigenvalue weighted by Crippen LogP contribution is 2.34. The number of aromatic nitrogens is 2. The Morgan fingerprint density at radius 2 is 0.684 bits per heavy atom. The molecule has 450 valence electrons. The molecule has 14 heteroatoms. The molecule has 0 bridgehead atoms. The Balaban J connectivity index is 2.65. The van der Waals surface area contributed by atoms with Gasteiger partial charge in [0, 0.05) is 20.3 Å². The van der Waals surface area contributed by atoms with Crippen LogP contribution in [0.2, 0.25) is 0 Å². The van der Waals surface area contributed by atoms with Crippen molar-refractivity contribution in [1.82, 2.24) is 9.13 Å². The van der Waals surface area contributed by atoms with Crippen molar-refractivity contribution >= 4 is 35.8 Å². The van der Waals surface area contributed by atoms with Crippen molar-refractivity contribution in [3.05, 3.63) is 54.7 Å². The van der Waals surface area contributed by atoms with Crippen molar-refractivity contribution in [1.29, 1.82) is 0 Å². The Labute approximate surface area is 477 Å². The average Bonchev–Trinajstić information content (AvgIpc) is 3.61. The lowest BCUT2D eigenvalue weighted by atomic mass is 9.93. The zero-order chi connectivity index (χ0) is 57.7. The van der Waals surface area contributed by atoms with Crippen LogP contribution in [0.1, 0.15) is 332 Å². The third kappa shape index (κ3) is 29.5. The zero-order valence-electron chi connectivity index (χ0n) is 50.6. The van der Waals surface area contributed by atoms with Crippen LogP contribution in [-0.2, 0) is 33.0 Å². The van der Waals surface area contributed by atoms with Crippen LogP contribution in [0.25, 0.3) is 0 Å². The summed E-state index contributed by atoms with van der Waals surface area (Å²) >= 11 is 0. The lowest BCUT2D eigenvalue weighted by Gasteiger charge is -2.19. The standard InChI is InChI=1S/C65H109N3O11/c1-7-11-15-19-23-27-31-35-39-43-47-76-61(71)53-51-55(66-52-54-59(69)67(5)65(75)68(6)60(54)70)57(63(73)78-49-45-41-37-33-29-25-21-17-13-9-3)58(64(74)79-50-46-42-38-34-30-26-22-18-14-10-4)56(53)62(72)77-48-44-40-36-32-28-24-20-16-12-8-2/h51-52,69H,7-50H2,1-6H3. The van der Waals surface area contributed by atoms with Crippen LogP contribution < -0.4 is 11.2 Å². The Morgan fingerprint density at radius 3 is 1.01 bits per heavy atom. The second kappa shape index (κ2) is 45.9. The number of esters is 4. The molecule has 0 saturated carbocycles. The van der Waals surface area contributed by atoms with Gasteiger partial charge in [-0.2, -0.15) is 0 Å². The van der Waals surface area contributed by atoms with Gasteiger partial charge in [0.15, 0.2) is 0 Å². The molecule has 0 amide bonds. The van der Waals surface area contributed by atoms with Crippen LogP contribution in [0.4, 0.5) is 5.69 Å². The Morgan fingerprint density at radius 1 is 0.405 bits per heavy atom. The molecule has 79 heavy (non-hydrogen) atoms. The Bertz CT molecular complexity index is 2140. The van der Waals surface area contributed by atoms with Crippen LogP contribution in [0.3, 0.4) is 0 Å². The fraction of sp³-hybridized carbons (Fsp3) is 0.769. The maximum absolute atomic E-state index is 14.8. The summed E-state index contributed by atoms with van der Waals surface area (Å²) in [6.07, 6.45) is 43.5. The van der Waals surface area contributed by atoms with Gasteiger partial charge in [0.1, 0.15) is 11.1 Å². The van der Waals surface area contributed by atoms with Crippen LogP contribution >= 0.6 is 0 Å². The number of aliphatic imine (C=N–C) groups is 1. The number of unbranched alkanes of at least 4 members (excludes halogenated alkanes) is 36. The Hall–Kier alpha value is -4.75. The fourth-order valence-corrected chi connectivity index (χ4v) is 9.97. The summed E-state index contributed by atoms with van der Waals surface area (Å²) < 4.78 is 25.2. The minimum atomic E-state index is -1.05. The smallest absolute Gasteiger partial charge is 0.341 e. The number of nitrogens with zero attached hydrogens (tertiary/aromatic N) is 3. The number of hydrogen-bond donors (Lipinski definition) is 1. The number of hydrogen-bond acceptors (Lipinski definition) is 12. The molecule has 0 aliphatic rings. The zero-order valence-corrected chi connectivity index (χ0v) is 50.6. The monoisotopic (exact) mass is 1110 g/mol. The first-order valence-electron chi connectivity index (χ1n) is 31.9. The molecule has 0 aliphatic heterocycles. The minimum absolute atomic E-state index is 0.00321. The first kappa shape index (κ1) is 70.4. The highest BCUT2D eigenvalue weighted by atomic mass is 16.5. The molecule has 0 fully saturated rings.